The molecule has 0 unspecified atom stereocenters. The van der Waals surface area contributed by atoms with Crippen LogP contribution in [0.15, 0.2) is 64.7 Å². The average molecular weight is 573 g/mol. The van der Waals surface area contributed by atoms with E-state index in [1.54, 1.807) is 31.5 Å². The number of benzene rings is 1. The number of nitrogens with one attached hydrogen (secondary N) is 1. The number of aryl methyl sites for hydroxylation is 1. The zero-order valence-electron chi connectivity index (χ0n) is 20.6. The number of fused-ring (bicyclic) bond motifs is 1. The Morgan fingerprint density at radius 3 is 2.67 bits per heavy atom. The Morgan fingerprint density at radius 1 is 1.18 bits per heavy atom. The number of aromatic amines is 1. The molecule has 0 radical (unpaired) electrons. The van der Waals surface area contributed by atoms with E-state index in [2.05, 4.69) is 15.2 Å². The van der Waals surface area contributed by atoms with Gasteiger partial charge in [-0.05, 0) is 24.6 Å². The molecule has 0 aliphatic heterocycles. The molecule has 4 heterocycles. The van der Waals surface area contributed by atoms with Crippen molar-refractivity contribution in [2.75, 3.05) is 0 Å². The van der Waals surface area contributed by atoms with Crippen LogP contribution < -0.4 is 16.0 Å². The van der Waals surface area contributed by atoms with Crippen LogP contribution in [-0.2, 0) is 19.7 Å². The number of H-pyrrole nitrogens is 1. The first kappa shape index (κ1) is 26.8. The van der Waals surface area contributed by atoms with Gasteiger partial charge in [0.25, 0.3) is 11.2 Å². The molecule has 0 fully saturated rings. The molecule has 0 aliphatic carbocycles. The quantitative estimate of drug-likeness (QED) is 0.215. The van der Waals surface area contributed by atoms with Crippen molar-refractivity contribution in [3.63, 3.8) is 0 Å². The van der Waals surface area contributed by atoms with Crippen LogP contribution in [0.4, 0.5) is 18.9 Å². The SMILES string of the molecule is Cc1cc([N+](=O)[O-])cc(-c2ccnc3cc(Cn4c(=O)ccn(CC(F)(F)F)c4=O)sc23)c1OCc1cn[nH]c1. The van der Waals surface area contributed by atoms with Crippen molar-refractivity contribution in [2.45, 2.75) is 32.8 Å². The summed E-state index contributed by atoms with van der Waals surface area (Å²) in [7, 11) is 0. The molecule has 15 heteroatoms. The molecule has 0 spiro atoms. The molecule has 0 saturated heterocycles. The Labute approximate surface area is 226 Å². The molecule has 206 valence electrons. The third kappa shape index (κ3) is 5.49. The van der Waals surface area contributed by atoms with Crippen molar-refractivity contribution in [1.29, 1.82) is 0 Å². The van der Waals surface area contributed by atoms with Gasteiger partial charge in [-0.25, -0.2) is 4.79 Å². The number of ether oxygens (including phenoxy) is 1. The molecule has 0 saturated carbocycles. The van der Waals surface area contributed by atoms with E-state index >= 15 is 0 Å². The van der Waals surface area contributed by atoms with Crippen molar-refractivity contribution in [3.8, 4) is 16.9 Å². The summed E-state index contributed by atoms with van der Waals surface area (Å²) in [6.45, 7) is 0.0209. The second-order valence-electron chi connectivity index (χ2n) is 8.84. The first-order valence-corrected chi connectivity index (χ1v) is 12.5. The number of hydrogen-bond acceptors (Lipinski definition) is 8. The molecule has 0 atom stereocenters. The Bertz CT molecular complexity index is 1840. The predicted molar refractivity (Wildman–Crippen MR) is 139 cm³/mol. The van der Waals surface area contributed by atoms with Gasteiger partial charge < -0.3 is 4.74 Å². The van der Waals surface area contributed by atoms with E-state index in [0.717, 1.165) is 29.2 Å². The van der Waals surface area contributed by atoms with Gasteiger partial charge in [0.15, 0.2) is 0 Å². The number of nitro benzene ring substituents is 1. The second kappa shape index (κ2) is 10.4. The summed E-state index contributed by atoms with van der Waals surface area (Å²) in [5.41, 5.74) is 0.749. The van der Waals surface area contributed by atoms with Gasteiger partial charge in [-0.1, -0.05) is 0 Å². The maximum absolute atomic E-state index is 12.9. The molecule has 0 aliphatic rings. The number of rotatable bonds is 8. The minimum atomic E-state index is -4.64. The highest BCUT2D eigenvalue weighted by Crippen LogP contribution is 2.42. The van der Waals surface area contributed by atoms with Crippen LogP contribution in [0.2, 0.25) is 0 Å². The molecule has 4 aromatic heterocycles. The molecule has 0 bridgehead atoms. The van der Waals surface area contributed by atoms with E-state index in [9.17, 15) is 32.9 Å². The second-order valence-corrected chi connectivity index (χ2v) is 9.98. The van der Waals surface area contributed by atoms with Crippen molar-refractivity contribution in [1.82, 2.24) is 24.3 Å². The summed E-state index contributed by atoms with van der Waals surface area (Å²) >= 11 is 1.16. The van der Waals surface area contributed by atoms with Crippen molar-refractivity contribution < 1.29 is 22.8 Å². The third-order valence-corrected chi connectivity index (χ3v) is 7.11. The first-order chi connectivity index (χ1) is 19.0. The lowest BCUT2D eigenvalue weighted by molar-refractivity contribution is -0.384. The molecule has 5 aromatic rings. The maximum Gasteiger partial charge on any atom is 0.406 e. The lowest BCUT2D eigenvalue weighted by atomic mass is 10.0. The van der Waals surface area contributed by atoms with Gasteiger partial charge in [-0.15, -0.1) is 11.3 Å². The van der Waals surface area contributed by atoms with Crippen LogP contribution >= 0.6 is 11.3 Å². The van der Waals surface area contributed by atoms with Gasteiger partial charge in [0.05, 0.1) is 27.9 Å². The summed E-state index contributed by atoms with van der Waals surface area (Å²) in [6.07, 6.45) is 0.925. The van der Waals surface area contributed by atoms with Crippen LogP contribution in [0.5, 0.6) is 5.75 Å². The van der Waals surface area contributed by atoms with Gasteiger partial charge in [-0.3, -0.25) is 34.1 Å². The van der Waals surface area contributed by atoms with E-state index < -0.39 is 28.9 Å². The minimum Gasteiger partial charge on any atom is -0.488 e. The molecular formula is C25H19F3N6O5S. The van der Waals surface area contributed by atoms with E-state index in [4.69, 9.17) is 4.74 Å². The van der Waals surface area contributed by atoms with Gasteiger partial charge in [0.1, 0.15) is 18.9 Å². The fraction of sp³-hybridized carbons (Fsp3) is 0.200. The fourth-order valence-electron chi connectivity index (χ4n) is 4.21. The highest BCUT2D eigenvalue weighted by Gasteiger charge is 2.29. The summed E-state index contributed by atoms with van der Waals surface area (Å²) < 4.78 is 46.5. The molecule has 1 N–H and O–H groups in total. The number of hydrogen-bond donors (Lipinski definition) is 1. The summed E-state index contributed by atoms with van der Waals surface area (Å²) in [6, 6.07) is 6.98. The number of alkyl halides is 3. The smallest absolute Gasteiger partial charge is 0.406 e. The third-order valence-electron chi connectivity index (χ3n) is 5.96. The van der Waals surface area contributed by atoms with Gasteiger partial charge in [0.2, 0.25) is 0 Å². The van der Waals surface area contributed by atoms with Crippen LogP contribution in [0, 0.1) is 17.0 Å². The van der Waals surface area contributed by atoms with E-state index in [1.165, 1.54) is 18.3 Å². The topological polar surface area (TPSA) is 138 Å². The predicted octanol–water partition coefficient (Wildman–Crippen LogP) is 4.42. The Balaban J connectivity index is 1.58. The number of nitrogens with zero attached hydrogens (tertiary/aromatic N) is 5. The monoisotopic (exact) mass is 572 g/mol. The standard InChI is InChI=1S/C25H19F3N6O5S/c1-14-6-16(34(37)38)7-19(22(14)39-12-15-9-30-31-10-15)18-2-4-29-20-8-17(40-23(18)20)11-33-21(35)3-5-32(24(33)36)13-25(26,27)28/h2-10H,11-13H2,1H3,(H,30,31). The van der Waals surface area contributed by atoms with E-state index in [-0.39, 0.29) is 18.8 Å². The van der Waals surface area contributed by atoms with E-state index in [0.29, 0.717) is 46.7 Å². The number of nitro groups is 1. The number of non-ortho nitro benzene ring substituents is 1. The van der Waals surface area contributed by atoms with Crippen LogP contribution in [0.1, 0.15) is 16.0 Å². The summed E-state index contributed by atoms with van der Waals surface area (Å²) in [5.74, 6) is 0.406. The minimum absolute atomic E-state index is 0.146. The van der Waals surface area contributed by atoms with E-state index in [1.807, 2.05) is 0 Å². The summed E-state index contributed by atoms with van der Waals surface area (Å²) in [5, 5.41) is 18.2. The molecule has 0 amide bonds. The van der Waals surface area contributed by atoms with Crippen molar-refractivity contribution >= 4 is 27.2 Å². The van der Waals surface area contributed by atoms with Crippen LogP contribution in [-0.4, -0.2) is 35.4 Å². The normalized spacial score (nSPS) is 11.7. The number of pyridine rings is 1. The van der Waals surface area contributed by atoms with Gasteiger partial charge in [-0.2, -0.15) is 18.3 Å². The lowest BCUT2D eigenvalue weighted by Gasteiger charge is -2.14. The Hall–Kier alpha value is -4.79. The maximum atomic E-state index is 12.9. The zero-order chi connectivity index (χ0) is 28.6. The molecule has 5 rings (SSSR count). The first-order valence-electron chi connectivity index (χ1n) is 11.6. The van der Waals surface area contributed by atoms with Gasteiger partial charge >= 0.3 is 11.9 Å². The Kier molecular flexibility index (Phi) is 6.97. The van der Waals surface area contributed by atoms with Crippen LogP contribution in [0.25, 0.3) is 21.3 Å². The number of halogens is 3. The molecule has 1 aromatic carbocycles. The summed E-state index contributed by atoms with van der Waals surface area (Å²) in [4.78, 5) is 41.0. The average Bonchev–Trinajstić information content (AvgIpc) is 3.56. The highest BCUT2D eigenvalue weighted by atomic mass is 32.1. The molecular weight excluding hydrogens is 553 g/mol. The highest BCUT2D eigenvalue weighted by molar-refractivity contribution is 7.19. The van der Waals surface area contributed by atoms with Crippen molar-refractivity contribution in [2.24, 2.45) is 0 Å². The van der Waals surface area contributed by atoms with Crippen LogP contribution in [0.3, 0.4) is 0 Å². The largest absolute Gasteiger partial charge is 0.488 e. The molecule has 40 heavy (non-hydrogen) atoms. The van der Waals surface area contributed by atoms with Gasteiger partial charge in [0, 0.05) is 58.4 Å². The number of aromatic nitrogens is 5. The fourth-order valence-corrected chi connectivity index (χ4v) is 5.34. The lowest BCUT2D eigenvalue weighted by Crippen LogP contribution is -2.41. The van der Waals surface area contributed by atoms with Crippen molar-refractivity contribution in [3.05, 3.63) is 102 Å². The number of thiophene rings is 1. The molecule has 11 nitrogen and oxygen atoms in total. The zero-order valence-corrected chi connectivity index (χ0v) is 21.5. The Morgan fingerprint density at radius 2 is 1.98 bits per heavy atom.